The molecule has 3 N–H and O–H groups in total. The fraction of sp³-hybridized carbons (Fsp3) is 0.192. The zero-order chi connectivity index (χ0) is 24.0. The first-order chi connectivity index (χ1) is 16.4. The van der Waals surface area contributed by atoms with E-state index < -0.39 is 10.0 Å². The standard InChI is InChI=1S/C26H27N3O4S/c1-19-16-26(28-33-19)29-34(31,32)24-14-12-23(13-15-24)27-18-22-11-10-21(17-25(22)30)9-5-8-20-6-3-2-4-7-20/h2-4,6-7,10-17,27,30H,5,8-9,18H2,1H3,(H,28,29). The van der Waals surface area contributed by atoms with Gasteiger partial charge in [-0.3, -0.25) is 4.72 Å². The summed E-state index contributed by atoms with van der Waals surface area (Å²) in [6.45, 7) is 2.10. The molecule has 0 bridgehead atoms. The molecule has 0 amide bonds. The number of hydrogen-bond acceptors (Lipinski definition) is 6. The van der Waals surface area contributed by atoms with Crippen molar-refractivity contribution in [2.75, 3.05) is 10.0 Å². The Hall–Kier alpha value is -3.78. The summed E-state index contributed by atoms with van der Waals surface area (Å²) >= 11 is 0. The minimum atomic E-state index is -3.76. The highest BCUT2D eigenvalue weighted by Crippen LogP contribution is 2.23. The summed E-state index contributed by atoms with van der Waals surface area (Å²) in [6, 6.07) is 24.0. The van der Waals surface area contributed by atoms with Gasteiger partial charge in [-0.25, -0.2) is 8.42 Å². The molecule has 176 valence electrons. The first-order valence-corrected chi connectivity index (χ1v) is 12.5. The maximum absolute atomic E-state index is 12.5. The molecule has 0 saturated heterocycles. The minimum absolute atomic E-state index is 0.112. The molecule has 3 aromatic carbocycles. The normalized spacial score (nSPS) is 11.3. The van der Waals surface area contributed by atoms with E-state index in [4.69, 9.17) is 4.52 Å². The lowest BCUT2D eigenvalue weighted by molar-refractivity contribution is 0.400. The number of hydrogen-bond donors (Lipinski definition) is 3. The summed E-state index contributed by atoms with van der Waals surface area (Å²) in [7, 11) is -3.76. The van der Waals surface area contributed by atoms with Crippen molar-refractivity contribution in [1.82, 2.24) is 5.16 Å². The van der Waals surface area contributed by atoms with Crippen LogP contribution in [0.1, 0.15) is 28.9 Å². The molecule has 0 atom stereocenters. The summed E-state index contributed by atoms with van der Waals surface area (Å²) in [6.07, 6.45) is 2.92. The van der Waals surface area contributed by atoms with Gasteiger partial charge >= 0.3 is 0 Å². The maximum atomic E-state index is 12.5. The van der Waals surface area contributed by atoms with Crippen molar-refractivity contribution in [3.63, 3.8) is 0 Å². The van der Waals surface area contributed by atoms with Gasteiger partial charge in [0.1, 0.15) is 11.5 Å². The van der Waals surface area contributed by atoms with E-state index in [9.17, 15) is 13.5 Å². The third-order valence-corrected chi connectivity index (χ3v) is 6.81. The highest BCUT2D eigenvalue weighted by molar-refractivity contribution is 7.92. The van der Waals surface area contributed by atoms with Gasteiger partial charge in [-0.15, -0.1) is 0 Å². The Labute approximate surface area is 199 Å². The third kappa shape index (κ3) is 6.17. The molecule has 0 radical (unpaired) electrons. The second-order valence-electron chi connectivity index (χ2n) is 8.11. The average molecular weight is 478 g/mol. The van der Waals surface area contributed by atoms with Gasteiger partial charge in [-0.1, -0.05) is 47.6 Å². The second kappa shape index (κ2) is 10.4. The van der Waals surface area contributed by atoms with Gasteiger partial charge in [0, 0.05) is 23.9 Å². The Morgan fingerprint density at radius 1 is 0.912 bits per heavy atom. The van der Waals surface area contributed by atoms with Crippen LogP contribution < -0.4 is 10.0 Å². The average Bonchev–Trinajstić information content (AvgIpc) is 3.23. The number of anilines is 2. The van der Waals surface area contributed by atoms with Crippen molar-refractivity contribution in [1.29, 1.82) is 0 Å². The maximum Gasteiger partial charge on any atom is 0.263 e. The Bertz CT molecular complexity index is 1330. The van der Waals surface area contributed by atoms with E-state index in [0.717, 1.165) is 36.1 Å². The van der Waals surface area contributed by atoms with Crippen LogP contribution in [0.5, 0.6) is 5.75 Å². The number of nitrogens with zero attached hydrogens (tertiary/aromatic N) is 1. The summed E-state index contributed by atoms with van der Waals surface area (Å²) < 4.78 is 32.2. The number of rotatable bonds is 10. The molecule has 4 rings (SSSR count). The Balaban J connectivity index is 1.30. The number of aryl methyl sites for hydroxylation is 3. The van der Waals surface area contributed by atoms with E-state index in [1.165, 1.54) is 23.8 Å². The van der Waals surface area contributed by atoms with Crippen molar-refractivity contribution >= 4 is 21.5 Å². The molecule has 1 heterocycles. The van der Waals surface area contributed by atoms with E-state index in [2.05, 4.69) is 27.3 Å². The van der Waals surface area contributed by atoms with Crippen LogP contribution in [-0.2, 0) is 29.4 Å². The van der Waals surface area contributed by atoms with E-state index in [1.54, 1.807) is 19.1 Å². The number of aromatic nitrogens is 1. The minimum Gasteiger partial charge on any atom is -0.508 e. The van der Waals surface area contributed by atoms with Gasteiger partial charge < -0.3 is 14.9 Å². The zero-order valence-electron chi connectivity index (χ0n) is 18.9. The molecule has 1 aromatic heterocycles. The topological polar surface area (TPSA) is 104 Å². The van der Waals surface area contributed by atoms with Gasteiger partial charge in [0.15, 0.2) is 5.82 Å². The molecule has 0 saturated carbocycles. The quantitative estimate of drug-likeness (QED) is 0.287. The van der Waals surface area contributed by atoms with Gasteiger partial charge in [0.2, 0.25) is 0 Å². The van der Waals surface area contributed by atoms with Crippen LogP contribution in [0.25, 0.3) is 0 Å². The number of aromatic hydroxyl groups is 1. The number of sulfonamides is 1. The predicted molar refractivity (Wildman–Crippen MR) is 132 cm³/mol. The molecule has 0 aliphatic carbocycles. The first-order valence-electron chi connectivity index (χ1n) is 11.0. The van der Waals surface area contributed by atoms with Crippen molar-refractivity contribution in [2.24, 2.45) is 0 Å². The monoisotopic (exact) mass is 477 g/mol. The molecule has 0 aliphatic rings. The summed E-state index contributed by atoms with van der Waals surface area (Å²) in [5.41, 5.74) is 3.92. The van der Waals surface area contributed by atoms with Crippen molar-refractivity contribution < 1.29 is 18.0 Å². The van der Waals surface area contributed by atoms with Crippen molar-refractivity contribution in [3.8, 4) is 5.75 Å². The molecule has 7 nitrogen and oxygen atoms in total. The summed E-state index contributed by atoms with van der Waals surface area (Å²) in [5, 5.41) is 17.3. The lowest BCUT2D eigenvalue weighted by atomic mass is 10.0. The number of benzene rings is 3. The SMILES string of the molecule is Cc1cc(NS(=O)(=O)c2ccc(NCc3ccc(CCCc4ccccc4)cc3O)cc2)no1. The highest BCUT2D eigenvalue weighted by Gasteiger charge is 2.16. The smallest absolute Gasteiger partial charge is 0.263 e. The Morgan fingerprint density at radius 3 is 2.32 bits per heavy atom. The summed E-state index contributed by atoms with van der Waals surface area (Å²) in [5.74, 6) is 0.899. The van der Waals surface area contributed by atoms with E-state index >= 15 is 0 Å². The first kappa shape index (κ1) is 23.4. The number of phenolic OH excluding ortho intramolecular Hbond substituents is 1. The lowest BCUT2D eigenvalue weighted by Gasteiger charge is -2.11. The molecule has 0 unspecified atom stereocenters. The van der Waals surface area contributed by atoms with Gasteiger partial charge in [0.05, 0.1) is 4.90 Å². The molecule has 0 aliphatic heterocycles. The molecule has 0 fully saturated rings. The predicted octanol–water partition coefficient (Wildman–Crippen LogP) is 5.28. The largest absolute Gasteiger partial charge is 0.508 e. The van der Waals surface area contributed by atoms with E-state index in [1.807, 2.05) is 36.4 Å². The zero-order valence-corrected chi connectivity index (χ0v) is 19.7. The van der Waals surface area contributed by atoms with Gasteiger partial charge in [-0.05, 0) is 67.6 Å². The van der Waals surface area contributed by atoms with Gasteiger partial charge in [0.25, 0.3) is 10.0 Å². The Morgan fingerprint density at radius 2 is 1.65 bits per heavy atom. The number of nitrogens with one attached hydrogen (secondary N) is 2. The Kier molecular flexibility index (Phi) is 7.18. The van der Waals surface area contributed by atoms with Crippen LogP contribution in [-0.4, -0.2) is 18.7 Å². The van der Waals surface area contributed by atoms with Gasteiger partial charge in [-0.2, -0.15) is 0 Å². The molecule has 0 spiro atoms. The fourth-order valence-corrected chi connectivity index (χ4v) is 4.60. The highest BCUT2D eigenvalue weighted by atomic mass is 32.2. The van der Waals surface area contributed by atoms with E-state index in [-0.39, 0.29) is 16.5 Å². The molecule has 8 heteroatoms. The molecule has 4 aromatic rings. The summed E-state index contributed by atoms with van der Waals surface area (Å²) in [4.78, 5) is 0.112. The van der Waals surface area contributed by atoms with Crippen LogP contribution >= 0.6 is 0 Å². The van der Waals surface area contributed by atoms with Crippen LogP contribution in [0.2, 0.25) is 0 Å². The molecular formula is C26H27N3O4S. The number of phenols is 1. The molecular weight excluding hydrogens is 450 g/mol. The van der Waals surface area contributed by atoms with Crippen LogP contribution in [0.4, 0.5) is 11.5 Å². The van der Waals surface area contributed by atoms with Crippen LogP contribution in [0, 0.1) is 6.92 Å². The third-order valence-electron chi connectivity index (χ3n) is 5.44. The van der Waals surface area contributed by atoms with Crippen molar-refractivity contribution in [2.45, 2.75) is 37.6 Å². The van der Waals surface area contributed by atoms with Crippen LogP contribution in [0.15, 0.2) is 88.3 Å². The lowest BCUT2D eigenvalue weighted by Crippen LogP contribution is -2.13. The fourth-order valence-electron chi connectivity index (χ4n) is 3.62. The molecule has 34 heavy (non-hydrogen) atoms. The second-order valence-corrected chi connectivity index (χ2v) is 9.79. The van der Waals surface area contributed by atoms with Crippen LogP contribution in [0.3, 0.4) is 0 Å². The van der Waals surface area contributed by atoms with Crippen molar-refractivity contribution in [3.05, 3.63) is 101 Å². The van der Waals surface area contributed by atoms with E-state index in [0.29, 0.717) is 12.3 Å².